The van der Waals surface area contributed by atoms with Gasteiger partial charge in [0, 0.05) is 11.6 Å². The number of fused-ring (bicyclic) bond motifs is 1. The SMILES string of the molecule is C#CCNc1c(Cl)cc(C)c2ncccc12. The smallest absolute Gasteiger partial charge is 0.0764 e. The number of terminal acetylenes is 1. The van der Waals surface area contributed by atoms with Crippen LogP contribution in [-0.4, -0.2) is 11.5 Å². The Hall–Kier alpha value is -1.72. The summed E-state index contributed by atoms with van der Waals surface area (Å²) in [6.45, 7) is 2.44. The number of nitrogens with one attached hydrogen (secondary N) is 1. The van der Waals surface area contributed by atoms with E-state index >= 15 is 0 Å². The zero-order valence-corrected chi connectivity index (χ0v) is 9.67. The quantitative estimate of drug-likeness (QED) is 0.802. The summed E-state index contributed by atoms with van der Waals surface area (Å²) in [6.07, 6.45) is 7.00. The minimum absolute atomic E-state index is 0.451. The number of aromatic nitrogens is 1. The van der Waals surface area contributed by atoms with Gasteiger partial charge in [0.05, 0.1) is 22.8 Å². The molecule has 0 aliphatic heterocycles. The Morgan fingerprint density at radius 2 is 2.38 bits per heavy atom. The van der Waals surface area contributed by atoms with E-state index in [-0.39, 0.29) is 0 Å². The van der Waals surface area contributed by atoms with E-state index in [1.54, 1.807) is 6.20 Å². The highest BCUT2D eigenvalue weighted by molar-refractivity contribution is 6.35. The van der Waals surface area contributed by atoms with Gasteiger partial charge in [-0.2, -0.15) is 0 Å². The first-order valence-corrected chi connectivity index (χ1v) is 5.33. The van der Waals surface area contributed by atoms with Crippen molar-refractivity contribution < 1.29 is 0 Å². The van der Waals surface area contributed by atoms with Crippen molar-refractivity contribution in [2.75, 3.05) is 11.9 Å². The summed E-state index contributed by atoms with van der Waals surface area (Å²) in [5.74, 6) is 2.53. The Balaban J connectivity index is 2.67. The lowest BCUT2D eigenvalue weighted by atomic mass is 10.1. The molecule has 1 aromatic heterocycles. The van der Waals surface area contributed by atoms with Crippen LogP contribution in [0.2, 0.25) is 5.02 Å². The zero-order valence-electron chi connectivity index (χ0n) is 8.92. The number of hydrogen-bond donors (Lipinski definition) is 1. The van der Waals surface area contributed by atoms with Gasteiger partial charge in [0.2, 0.25) is 0 Å². The van der Waals surface area contributed by atoms with E-state index in [1.165, 1.54) is 0 Å². The number of anilines is 1. The second kappa shape index (κ2) is 4.42. The number of rotatable bonds is 2. The largest absolute Gasteiger partial charge is 0.372 e. The monoisotopic (exact) mass is 230 g/mol. The fourth-order valence-corrected chi connectivity index (χ4v) is 2.03. The van der Waals surface area contributed by atoms with Gasteiger partial charge in [-0.05, 0) is 30.7 Å². The van der Waals surface area contributed by atoms with E-state index in [2.05, 4.69) is 16.2 Å². The average Bonchev–Trinajstić information content (AvgIpc) is 2.29. The first-order chi connectivity index (χ1) is 7.74. The molecule has 0 saturated carbocycles. The molecule has 0 bridgehead atoms. The molecular formula is C13H11ClN2. The van der Waals surface area contributed by atoms with Crippen LogP contribution in [0.15, 0.2) is 24.4 Å². The van der Waals surface area contributed by atoms with E-state index in [0.29, 0.717) is 11.6 Å². The predicted molar refractivity (Wildman–Crippen MR) is 68.8 cm³/mol. The topological polar surface area (TPSA) is 24.9 Å². The minimum Gasteiger partial charge on any atom is -0.372 e. The summed E-state index contributed by atoms with van der Waals surface area (Å²) >= 11 is 6.19. The molecule has 0 fully saturated rings. The fourth-order valence-electron chi connectivity index (χ4n) is 1.70. The molecular weight excluding hydrogens is 220 g/mol. The first-order valence-electron chi connectivity index (χ1n) is 4.95. The average molecular weight is 231 g/mol. The molecule has 16 heavy (non-hydrogen) atoms. The lowest BCUT2D eigenvalue weighted by Crippen LogP contribution is -2.01. The van der Waals surface area contributed by atoms with Crippen LogP contribution < -0.4 is 5.32 Å². The van der Waals surface area contributed by atoms with Crippen molar-refractivity contribution >= 4 is 28.2 Å². The highest BCUT2D eigenvalue weighted by Crippen LogP contribution is 2.32. The van der Waals surface area contributed by atoms with Gasteiger partial charge in [0.25, 0.3) is 0 Å². The number of pyridine rings is 1. The van der Waals surface area contributed by atoms with E-state index < -0.39 is 0 Å². The molecule has 0 saturated heterocycles. The zero-order chi connectivity index (χ0) is 11.5. The Morgan fingerprint density at radius 3 is 3.12 bits per heavy atom. The normalized spacial score (nSPS) is 10.1. The maximum atomic E-state index is 6.19. The van der Waals surface area contributed by atoms with Crippen LogP contribution in [0.1, 0.15) is 5.56 Å². The molecule has 2 rings (SSSR count). The van der Waals surface area contributed by atoms with Gasteiger partial charge in [-0.1, -0.05) is 17.5 Å². The Kier molecular flexibility index (Phi) is 2.98. The van der Waals surface area contributed by atoms with Gasteiger partial charge in [0.1, 0.15) is 0 Å². The van der Waals surface area contributed by atoms with Crippen molar-refractivity contribution in [2.24, 2.45) is 0 Å². The summed E-state index contributed by atoms with van der Waals surface area (Å²) in [5.41, 5.74) is 2.87. The summed E-state index contributed by atoms with van der Waals surface area (Å²) in [6, 6.07) is 5.77. The van der Waals surface area contributed by atoms with E-state index in [0.717, 1.165) is 22.2 Å². The first kappa shape index (κ1) is 10.8. The summed E-state index contributed by atoms with van der Waals surface area (Å²) in [7, 11) is 0. The van der Waals surface area contributed by atoms with E-state index in [4.69, 9.17) is 18.0 Å². The van der Waals surface area contributed by atoms with Crippen LogP contribution >= 0.6 is 11.6 Å². The van der Waals surface area contributed by atoms with Crippen LogP contribution in [0.25, 0.3) is 10.9 Å². The molecule has 0 spiro atoms. The van der Waals surface area contributed by atoms with Crippen molar-refractivity contribution in [1.29, 1.82) is 0 Å². The summed E-state index contributed by atoms with van der Waals surface area (Å²) < 4.78 is 0. The van der Waals surface area contributed by atoms with Crippen molar-refractivity contribution in [3.8, 4) is 12.3 Å². The molecule has 0 aliphatic carbocycles. The van der Waals surface area contributed by atoms with E-state index in [1.807, 2.05) is 25.1 Å². The lowest BCUT2D eigenvalue weighted by molar-refractivity contribution is 1.34. The van der Waals surface area contributed by atoms with Crippen molar-refractivity contribution in [1.82, 2.24) is 4.98 Å². The number of nitrogens with zero attached hydrogens (tertiary/aromatic N) is 1. The molecule has 0 amide bonds. The van der Waals surface area contributed by atoms with E-state index in [9.17, 15) is 0 Å². The van der Waals surface area contributed by atoms with Crippen molar-refractivity contribution in [3.05, 3.63) is 35.0 Å². The highest BCUT2D eigenvalue weighted by Gasteiger charge is 2.08. The molecule has 0 atom stereocenters. The molecule has 0 unspecified atom stereocenters. The van der Waals surface area contributed by atoms with Crippen LogP contribution in [0.3, 0.4) is 0 Å². The Morgan fingerprint density at radius 1 is 1.56 bits per heavy atom. The van der Waals surface area contributed by atoms with Crippen LogP contribution in [0.4, 0.5) is 5.69 Å². The summed E-state index contributed by atoms with van der Waals surface area (Å²) in [5, 5.41) is 4.80. The number of halogens is 1. The second-order valence-corrected chi connectivity index (χ2v) is 3.91. The maximum Gasteiger partial charge on any atom is 0.0764 e. The lowest BCUT2D eigenvalue weighted by Gasteiger charge is -2.11. The maximum absolute atomic E-state index is 6.19. The molecule has 80 valence electrons. The standard InChI is InChI=1S/C13H11ClN2/c1-3-6-15-13-10-5-4-7-16-12(10)9(2)8-11(13)14/h1,4-5,7-8,15H,6H2,2H3. The molecule has 1 aromatic carbocycles. The van der Waals surface area contributed by atoms with Gasteiger partial charge < -0.3 is 5.32 Å². The number of hydrogen-bond acceptors (Lipinski definition) is 2. The van der Waals surface area contributed by atoms with Crippen molar-refractivity contribution in [2.45, 2.75) is 6.92 Å². The third-order valence-electron chi connectivity index (χ3n) is 2.40. The molecule has 0 aliphatic rings. The molecule has 1 heterocycles. The molecule has 0 radical (unpaired) electrons. The van der Waals surface area contributed by atoms with Gasteiger partial charge >= 0.3 is 0 Å². The van der Waals surface area contributed by atoms with Gasteiger partial charge in [0.15, 0.2) is 0 Å². The van der Waals surface area contributed by atoms with Gasteiger partial charge in [-0.15, -0.1) is 6.42 Å². The van der Waals surface area contributed by atoms with Crippen LogP contribution in [0, 0.1) is 19.3 Å². The Labute approximate surface area is 99.6 Å². The second-order valence-electron chi connectivity index (χ2n) is 3.51. The molecule has 3 heteroatoms. The van der Waals surface area contributed by atoms with Gasteiger partial charge in [-0.3, -0.25) is 4.98 Å². The number of aryl methyl sites for hydroxylation is 1. The molecule has 1 N–H and O–H groups in total. The van der Waals surface area contributed by atoms with Crippen molar-refractivity contribution in [3.63, 3.8) is 0 Å². The highest BCUT2D eigenvalue weighted by atomic mass is 35.5. The minimum atomic E-state index is 0.451. The number of benzene rings is 1. The third-order valence-corrected chi connectivity index (χ3v) is 2.70. The van der Waals surface area contributed by atoms with Gasteiger partial charge in [-0.25, -0.2) is 0 Å². The molecule has 2 aromatic rings. The molecule has 2 nitrogen and oxygen atoms in total. The van der Waals surface area contributed by atoms with Crippen LogP contribution in [0.5, 0.6) is 0 Å². The fraction of sp³-hybridized carbons (Fsp3) is 0.154. The third kappa shape index (κ3) is 1.82. The predicted octanol–water partition coefficient (Wildman–Crippen LogP) is 3.24. The summed E-state index contributed by atoms with van der Waals surface area (Å²) in [4.78, 5) is 4.34. The van der Waals surface area contributed by atoms with Crippen LogP contribution in [-0.2, 0) is 0 Å². The Bertz CT molecular complexity index is 570.